The predicted molar refractivity (Wildman–Crippen MR) is 91.2 cm³/mol. The SMILES string of the molecule is CC(C)(C)NCC1CCCCCC1c1cc(Br)ccc1F. The van der Waals surface area contributed by atoms with Crippen molar-refractivity contribution in [1.29, 1.82) is 0 Å². The van der Waals surface area contributed by atoms with Crippen LogP contribution >= 0.6 is 15.9 Å². The molecule has 1 aliphatic carbocycles. The molecule has 0 saturated heterocycles. The molecule has 0 heterocycles. The van der Waals surface area contributed by atoms with Gasteiger partial charge in [0.2, 0.25) is 0 Å². The van der Waals surface area contributed by atoms with E-state index in [1.807, 2.05) is 6.07 Å². The second-order valence-electron chi connectivity index (χ2n) is 7.30. The van der Waals surface area contributed by atoms with E-state index in [-0.39, 0.29) is 11.4 Å². The summed E-state index contributed by atoms with van der Waals surface area (Å²) in [6.07, 6.45) is 6.05. The van der Waals surface area contributed by atoms with Crippen LogP contribution in [0.25, 0.3) is 0 Å². The Balaban J connectivity index is 2.20. The van der Waals surface area contributed by atoms with Gasteiger partial charge in [0.1, 0.15) is 5.82 Å². The molecule has 0 amide bonds. The molecule has 2 rings (SSSR count). The molecule has 118 valence electrons. The summed E-state index contributed by atoms with van der Waals surface area (Å²) in [5.41, 5.74) is 1.01. The number of hydrogen-bond acceptors (Lipinski definition) is 1. The van der Waals surface area contributed by atoms with Gasteiger partial charge in [0.05, 0.1) is 0 Å². The molecule has 0 aromatic heterocycles. The van der Waals surface area contributed by atoms with Crippen LogP contribution in [0.1, 0.15) is 64.4 Å². The molecule has 0 aliphatic heterocycles. The highest BCUT2D eigenvalue weighted by atomic mass is 79.9. The lowest BCUT2D eigenvalue weighted by molar-refractivity contribution is 0.318. The highest BCUT2D eigenvalue weighted by Crippen LogP contribution is 2.38. The maximum atomic E-state index is 14.3. The molecule has 2 unspecified atom stereocenters. The first kappa shape index (κ1) is 17.0. The Hall–Kier alpha value is -0.410. The van der Waals surface area contributed by atoms with Crippen LogP contribution in [-0.2, 0) is 0 Å². The fourth-order valence-electron chi connectivity index (χ4n) is 3.27. The smallest absolute Gasteiger partial charge is 0.126 e. The third-order valence-electron chi connectivity index (χ3n) is 4.41. The fourth-order valence-corrected chi connectivity index (χ4v) is 3.65. The van der Waals surface area contributed by atoms with Crippen LogP contribution in [0.4, 0.5) is 4.39 Å². The molecule has 1 aliphatic rings. The molecule has 0 spiro atoms. The van der Waals surface area contributed by atoms with Gasteiger partial charge in [-0.1, -0.05) is 35.2 Å². The van der Waals surface area contributed by atoms with E-state index in [4.69, 9.17) is 0 Å². The highest BCUT2D eigenvalue weighted by Gasteiger charge is 2.28. The first-order valence-corrected chi connectivity index (χ1v) is 8.86. The minimum absolute atomic E-state index is 0.0501. The first-order valence-electron chi connectivity index (χ1n) is 8.07. The summed E-state index contributed by atoms with van der Waals surface area (Å²) in [6, 6.07) is 5.37. The van der Waals surface area contributed by atoms with Crippen molar-refractivity contribution in [3.63, 3.8) is 0 Å². The molecule has 1 fully saturated rings. The molecular weight excluding hydrogens is 329 g/mol. The van der Waals surface area contributed by atoms with Crippen molar-refractivity contribution in [1.82, 2.24) is 5.32 Å². The van der Waals surface area contributed by atoms with E-state index in [1.54, 1.807) is 12.1 Å². The van der Waals surface area contributed by atoms with Crippen LogP contribution in [-0.4, -0.2) is 12.1 Å². The zero-order valence-corrected chi connectivity index (χ0v) is 15.0. The van der Waals surface area contributed by atoms with Gasteiger partial charge < -0.3 is 5.32 Å². The van der Waals surface area contributed by atoms with Gasteiger partial charge in [-0.15, -0.1) is 0 Å². The summed E-state index contributed by atoms with van der Waals surface area (Å²) < 4.78 is 15.3. The summed E-state index contributed by atoms with van der Waals surface area (Å²) in [5, 5.41) is 3.62. The summed E-state index contributed by atoms with van der Waals surface area (Å²) in [6.45, 7) is 7.55. The topological polar surface area (TPSA) is 12.0 Å². The summed E-state index contributed by atoms with van der Waals surface area (Å²) in [4.78, 5) is 0. The second-order valence-corrected chi connectivity index (χ2v) is 8.22. The average Bonchev–Trinajstić information content (AvgIpc) is 2.63. The highest BCUT2D eigenvalue weighted by molar-refractivity contribution is 9.10. The van der Waals surface area contributed by atoms with E-state index < -0.39 is 0 Å². The van der Waals surface area contributed by atoms with Gasteiger partial charge in [-0.2, -0.15) is 0 Å². The molecule has 1 aromatic rings. The van der Waals surface area contributed by atoms with Crippen molar-refractivity contribution in [2.24, 2.45) is 5.92 Å². The van der Waals surface area contributed by atoms with Gasteiger partial charge in [0.15, 0.2) is 0 Å². The zero-order valence-electron chi connectivity index (χ0n) is 13.4. The Morgan fingerprint density at radius 1 is 1.19 bits per heavy atom. The number of hydrogen-bond donors (Lipinski definition) is 1. The van der Waals surface area contributed by atoms with Gasteiger partial charge in [0, 0.05) is 10.0 Å². The first-order chi connectivity index (χ1) is 9.87. The molecule has 21 heavy (non-hydrogen) atoms. The molecule has 3 heteroatoms. The molecule has 1 saturated carbocycles. The van der Waals surface area contributed by atoms with Gasteiger partial charge in [-0.3, -0.25) is 0 Å². The van der Waals surface area contributed by atoms with E-state index in [0.29, 0.717) is 11.8 Å². The lowest BCUT2D eigenvalue weighted by Gasteiger charge is -2.30. The van der Waals surface area contributed by atoms with Crippen molar-refractivity contribution in [3.8, 4) is 0 Å². The maximum Gasteiger partial charge on any atom is 0.126 e. The Kier molecular flexibility index (Phi) is 5.84. The van der Waals surface area contributed by atoms with Gasteiger partial charge in [-0.05, 0) is 75.8 Å². The van der Waals surface area contributed by atoms with Gasteiger partial charge in [0.25, 0.3) is 0 Å². The summed E-state index contributed by atoms with van der Waals surface area (Å²) in [7, 11) is 0. The van der Waals surface area contributed by atoms with E-state index in [2.05, 4.69) is 42.0 Å². The van der Waals surface area contributed by atoms with E-state index >= 15 is 0 Å². The molecule has 0 bridgehead atoms. The third-order valence-corrected chi connectivity index (χ3v) is 4.90. The van der Waals surface area contributed by atoms with E-state index in [0.717, 1.165) is 23.0 Å². The second kappa shape index (κ2) is 7.23. The van der Waals surface area contributed by atoms with Crippen molar-refractivity contribution >= 4 is 15.9 Å². The van der Waals surface area contributed by atoms with Crippen LogP contribution in [0, 0.1) is 11.7 Å². The minimum Gasteiger partial charge on any atom is -0.312 e. The van der Waals surface area contributed by atoms with Crippen molar-refractivity contribution in [2.75, 3.05) is 6.54 Å². The quantitative estimate of drug-likeness (QED) is 0.691. The molecular formula is C18H27BrFN. The molecule has 1 N–H and O–H groups in total. The number of halogens is 2. The number of nitrogens with one attached hydrogen (secondary N) is 1. The Labute approximate surface area is 136 Å². The molecule has 0 radical (unpaired) electrons. The standard InChI is InChI=1S/C18H27BrFN/c1-18(2,3)21-12-13-7-5-4-6-8-15(13)16-11-14(19)9-10-17(16)20/h9-11,13,15,21H,4-8,12H2,1-3H3. The lowest BCUT2D eigenvalue weighted by atomic mass is 9.81. The van der Waals surface area contributed by atoms with E-state index in [1.165, 1.54) is 25.7 Å². The predicted octanol–water partition coefficient (Wildman–Crippen LogP) is 5.64. The largest absolute Gasteiger partial charge is 0.312 e. The monoisotopic (exact) mass is 355 g/mol. The van der Waals surface area contributed by atoms with Crippen LogP contribution in [0.2, 0.25) is 0 Å². The Morgan fingerprint density at radius 2 is 1.90 bits per heavy atom. The summed E-state index contributed by atoms with van der Waals surface area (Å²) in [5.74, 6) is 0.807. The van der Waals surface area contributed by atoms with Crippen molar-refractivity contribution in [2.45, 2.75) is 64.3 Å². The maximum absolute atomic E-state index is 14.3. The molecule has 2 atom stereocenters. The summed E-state index contributed by atoms with van der Waals surface area (Å²) >= 11 is 3.49. The Bertz CT molecular complexity index is 467. The fraction of sp³-hybridized carbons (Fsp3) is 0.667. The average molecular weight is 356 g/mol. The van der Waals surface area contributed by atoms with E-state index in [9.17, 15) is 4.39 Å². The van der Waals surface area contributed by atoms with Crippen LogP contribution in [0.15, 0.2) is 22.7 Å². The normalized spacial score (nSPS) is 23.9. The van der Waals surface area contributed by atoms with Gasteiger partial charge in [-0.25, -0.2) is 4.39 Å². The molecule has 1 aromatic carbocycles. The lowest BCUT2D eigenvalue weighted by Crippen LogP contribution is -2.40. The number of benzene rings is 1. The van der Waals surface area contributed by atoms with Crippen LogP contribution in [0.3, 0.4) is 0 Å². The number of rotatable bonds is 3. The molecule has 1 nitrogen and oxygen atoms in total. The van der Waals surface area contributed by atoms with Crippen molar-refractivity contribution in [3.05, 3.63) is 34.1 Å². The van der Waals surface area contributed by atoms with Gasteiger partial charge >= 0.3 is 0 Å². The zero-order chi connectivity index (χ0) is 15.5. The Morgan fingerprint density at radius 3 is 2.62 bits per heavy atom. The van der Waals surface area contributed by atoms with Crippen LogP contribution < -0.4 is 5.32 Å². The van der Waals surface area contributed by atoms with Crippen molar-refractivity contribution < 1.29 is 4.39 Å². The minimum atomic E-state index is -0.0501. The third kappa shape index (κ3) is 5.07. The van der Waals surface area contributed by atoms with Crippen LogP contribution in [0.5, 0.6) is 0 Å².